The minimum absolute atomic E-state index is 0.209. The normalized spacial score (nSPS) is 11.2. The van der Waals surface area contributed by atoms with Gasteiger partial charge in [-0.15, -0.1) is 0 Å². The first kappa shape index (κ1) is 19.5. The van der Waals surface area contributed by atoms with Gasteiger partial charge < -0.3 is 0 Å². The molecule has 6 nitrogen and oxygen atoms in total. The van der Waals surface area contributed by atoms with E-state index in [1.54, 1.807) is 11.1 Å². The van der Waals surface area contributed by atoms with Gasteiger partial charge >= 0.3 is 0 Å². The lowest BCUT2D eigenvalue weighted by atomic mass is 10.2. The third-order valence-corrected chi connectivity index (χ3v) is 6.25. The van der Waals surface area contributed by atoms with E-state index in [0.29, 0.717) is 28.9 Å². The van der Waals surface area contributed by atoms with Crippen LogP contribution in [0, 0.1) is 13.8 Å². The highest BCUT2D eigenvalue weighted by Crippen LogP contribution is 2.36. The van der Waals surface area contributed by atoms with E-state index >= 15 is 0 Å². The Morgan fingerprint density at radius 2 is 2.07 bits per heavy atom. The Balaban J connectivity index is 1.81. The second-order valence-electron chi connectivity index (χ2n) is 6.74. The Morgan fingerprint density at radius 3 is 2.72 bits per heavy atom. The molecule has 0 N–H and O–H groups in total. The molecule has 0 aliphatic carbocycles. The summed E-state index contributed by atoms with van der Waals surface area (Å²) in [7, 11) is 0. The van der Waals surface area contributed by atoms with Gasteiger partial charge in [0.05, 0.1) is 27.5 Å². The van der Waals surface area contributed by atoms with Crippen LogP contribution < -0.4 is 4.90 Å². The number of nitrogens with zero attached hydrogens (tertiary/aromatic N) is 5. The number of aromatic nitrogens is 4. The number of benzene rings is 1. The Kier molecular flexibility index (Phi) is 5.34. The fraction of sp³-hybridized carbons (Fsp3) is 0.238. The first-order valence-corrected chi connectivity index (χ1v) is 10.5. The molecule has 1 aromatic carbocycles. The molecule has 4 aromatic rings. The number of halogens is 1. The molecule has 8 heteroatoms. The van der Waals surface area contributed by atoms with Crippen molar-refractivity contribution in [3.8, 4) is 0 Å². The van der Waals surface area contributed by atoms with Gasteiger partial charge in [-0.05, 0) is 50.6 Å². The van der Waals surface area contributed by atoms with Gasteiger partial charge in [-0.25, -0.2) is 4.98 Å². The molecular weight excluding hydrogens is 406 g/mol. The van der Waals surface area contributed by atoms with Crippen molar-refractivity contribution in [2.75, 3.05) is 4.90 Å². The summed E-state index contributed by atoms with van der Waals surface area (Å²) in [5, 5.41) is 5.67. The molecule has 0 bridgehead atoms. The van der Waals surface area contributed by atoms with E-state index in [0.717, 1.165) is 27.2 Å². The highest BCUT2D eigenvalue weighted by Gasteiger charge is 2.25. The van der Waals surface area contributed by atoms with Crippen LogP contribution in [-0.4, -0.2) is 25.7 Å². The Labute approximate surface area is 177 Å². The molecule has 0 aliphatic heterocycles. The summed E-state index contributed by atoms with van der Waals surface area (Å²) in [5.41, 5.74) is 3.93. The van der Waals surface area contributed by atoms with Crippen LogP contribution in [0.3, 0.4) is 0 Å². The first-order valence-electron chi connectivity index (χ1n) is 9.29. The van der Waals surface area contributed by atoms with Crippen molar-refractivity contribution in [1.29, 1.82) is 0 Å². The number of carbonyl (C=O) groups excluding carboxylic acids is 1. The zero-order valence-corrected chi connectivity index (χ0v) is 18.0. The second kappa shape index (κ2) is 7.93. The molecule has 0 atom stereocenters. The summed E-state index contributed by atoms with van der Waals surface area (Å²) < 4.78 is 2.68. The molecule has 29 heavy (non-hydrogen) atoms. The van der Waals surface area contributed by atoms with Crippen LogP contribution in [-0.2, 0) is 13.1 Å². The maximum atomic E-state index is 13.4. The Hall–Kier alpha value is -2.77. The van der Waals surface area contributed by atoms with E-state index in [9.17, 15) is 4.79 Å². The van der Waals surface area contributed by atoms with Gasteiger partial charge in [-0.2, -0.15) is 5.10 Å². The number of thiazole rings is 1. The summed E-state index contributed by atoms with van der Waals surface area (Å²) >= 11 is 7.79. The first-order chi connectivity index (χ1) is 14.0. The van der Waals surface area contributed by atoms with Gasteiger partial charge in [0.1, 0.15) is 0 Å². The topological polar surface area (TPSA) is 63.9 Å². The molecular formula is C21H20ClN5OS. The van der Waals surface area contributed by atoms with Gasteiger partial charge in [-0.1, -0.05) is 35.1 Å². The molecule has 0 unspecified atom stereocenters. The number of aryl methyl sites for hydroxylation is 3. The molecule has 0 radical (unpaired) electrons. The van der Waals surface area contributed by atoms with E-state index in [1.165, 1.54) is 11.3 Å². The fourth-order valence-electron chi connectivity index (χ4n) is 3.16. The number of carbonyl (C=O) groups is 1. The van der Waals surface area contributed by atoms with E-state index in [2.05, 4.69) is 10.1 Å². The minimum Gasteiger partial charge on any atom is -0.276 e. The molecule has 0 spiro atoms. The average molecular weight is 426 g/mol. The van der Waals surface area contributed by atoms with Crippen LogP contribution in [0.4, 0.5) is 5.13 Å². The smallest absolute Gasteiger partial charge is 0.276 e. The van der Waals surface area contributed by atoms with Crippen LogP contribution in [0.25, 0.3) is 10.2 Å². The maximum Gasteiger partial charge on any atom is 0.280 e. The molecule has 0 saturated carbocycles. The van der Waals surface area contributed by atoms with Gasteiger partial charge in [-0.3, -0.25) is 19.4 Å². The van der Waals surface area contributed by atoms with Crippen molar-refractivity contribution in [3.05, 3.63) is 70.3 Å². The van der Waals surface area contributed by atoms with Crippen molar-refractivity contribution >= 4 is 44.2 Å². The number of anilines is 1. The zero-order chi connectivity index (χ0) is 20.5. The van der Waals surface area contributed by atoms with Crippen molar-refractivity contribution < 1.29 is 4.79 Å². The van der Waals surface area contributed by atoms with Crippen molar-refractivity contribution in [2.45, 2.75) is 33.9 Å². The van der Waals surface area contributed by atoms with Crippen LogP contribution in [0.15, 0.2) is 42.6 Å². The zero-order valence-electron chi connectivity index (χ0n) is 16.4. The lowest BCUT2D eigenvalue weighted by Gasteiger charge is -2.18. The monoisotopic (exact) mass is 425 g/mol. The van der Waals surface area contributed by atoms with Crippen LogP contribution in [0.2, 0.25) is 5.02 Å². The molecule has 1 amide bonds. The van der Waals surface area contributed by atoms with Crippen molar-refractivity contribution in [3.63, 3.8) is 0 Å². The number of amides is 1. The molecule has 0 aliphatic rings. The third-order valence-electron chi connectivity index (χ3n) is 4.71. The molecule has 3 heterocycles. The summed E-state index contributed by atoms with van der Waals surface area (Å²) in [4.78, 5) is 24.2. The standard InChI is InChI=1S/C21H20ClN5OS/c1-4-27-14(3)11-17(25-27)20(28)26(12-15-7-5-6-10-23-15)21-24-18-13(2)8-9-16(22)19(18)29-21/h5-11H,4,12H2,1-3H3. The van der Waals surface area contributed by atoms with Crippen molar-refractivity contribution in [2.24, 2.45) is 0 Å². The molecule has 4 rings (SSSR count). The van der Waals surface area contributed by atoms with Gasteiger partial charge in [0.25, 0.3) is 5.91 Å². The largest absolute Gasteiger partial charge is 0.280 e. The lowest BCUT2D eigenvalue weighted by Crippen LogP contribution is -2.31. The highest BCUT2D eigenvalue weighted by molar-refractivity contribution is 7.23. The summed E-state index contributed by atoms with van der Waals surface area (Å²) in [6, 6.07) is 11.2. The maximum absolute atomic E-state index is 13.4. The summed E-state index contributed by atoms with van der Waals surface area (Å²) in [5.74, 6) is -0.209. The SMILES string of the molecule is CCn1nc(C(=O)N(Cc2ccccn2)c2nc3c(C)ccc(Cl)c3s2)cc1C. The van der Waals surface area contributed by atoms with Gasteiger partial charge in [0.2, 0.25) is 0 Å². The molecule has 0 fully saturated rings. The minimum atomic E-state index is -0.209. The number of hydrogen-bond donors (Lipinski definition) is 0. The number of pyridine rings is 1. The second-order valence-corrected chi connectivity index (χ2v) is 8.12. The predicted molar refractivity (Wildman–Crippen MR) is 117 cm³/mol. The third kappa shape index (κ3) is 3.75. The quantitative estimate of drug-likeness (QED) is 0.450. The molecule has 0 saturated heterocycles. The van der Waals surface area contributed by atoms with Crippen LogP contribution in [0.5, 0.6) is 0 Å². The summed E-state index contributed by atoms with van der Waals surface area (Å²) in [6.07, 6.45) is 1.72. The predicted octanol–water partition coefficient (Wildman–Crippen LogP) is 5.02. The van der Waals surface area contributed by atoms with E-state index in [4.69, 9.17) is 16.6 Å². The highest BCUT2D eigenvalue weighted by atomic mass is 35.5. The van der Waals surface area contributed by atoms with Crippen LogP contribution in [0.1, 0.15) is 34.4 Å². The number of rotatable bonds is 5. The van der Waals surface area contributed by atoms with Gasteiger partial charge in [0, 0.05) is 18.4 Å². The number of fused-ring (bicyclic) bond motifs is 1. The van der Waals surface area contributed by atoms with Crippen LogP contribution >= 0.6 is 22.9 Å². The van der Waals surface area contributed by atoms with E-state index in [1.807, 2.05) is 61.9 Å². The van der Waals surface area contributed by atoms with Gasteiger partial charge in [0.15, 0.2) is 10.8 Å². The van der Waals surface area contributed by atoms with E-state index in [-0.39, 0.29) is 5.91 Å². The molecule has 3 aromatic heterocycles. The molecule has 148 valence electrons. The average Bonchev–Trinajstić information content (AvgIpc) is 3.34. The van der Waals surface area contributed by atoms with Crippen molar-refractivity contribution in [1.82, 2.24) is 19.7 Å². The Morgan fingerprint density at radius 1 is 1.24 bits per heavy atom. The lowest BCUT2D eigenvalue weighted by molar-refractivity contribution is 0.0979. The fourth-order valence-corrected chi connectivity index (χ4v) is 4.47. The Bertz CT molecular complexity index is 1150. The number of hydrogen-bond acceptors (Lipinski definition) is 5. The summed E-state index contributed by atoms with van der Waals surface area (Å²) in [6.45, 7) is 6.93. The van der Waals surface area contributed by atoms with E-state index < -0.39 is 0 Å².